The van der Waals surface area contributed by atoms with Crippen LogP contribution in [-0.4, -0.2) is 13.4 Å². The summed E-state index contributed by atoms with van der Waals surface area (Å²) in [6.07, 6.45) is 0. The molecule has 4 heterocycles. The summed E-state index contributed by atoms with van der Waals surface area (Å²) in [5, 5.41) is 0. The molecule has 4 aliphatic rings. The number of fused-ring (bicyclic) bond motifs is 8. The third-order valence-corrected chi connectivity index (χ3v) is 14.5. The zero-order valence-corrected chi connectivity index (χ0v) is 34.7. The van der Waals surface area contributed by atoms with Gasteiger partial charge in [0.15, 0.2) is 0 Å². The maximum atomic E-state index is 6.97. The average molecular weight is 831 g/mol. The van der Waals surface area contributed by atoms with Crippen LogP contribution in [0.5, 0.6) is 46.0 Å². The van der Waals surface area contributed by atoms with Gasteiger partial charge in [0.1, 0.15) is 46.0 Å². The molecule has 0 spiro atoms. The number of hydrogen-bond donors (Lipinski definition) is 0. The van der Waals surface area contributed by atoms with E-state index >= 15 is 0 Å². The molecule has 4 nitrogen and oxygen atoms in total. The Hall–Kier alpha value is -6.99. The minimum Gasteiger partial charge on any atom is -0.458 e. The van der Waals surface area contributed by atoms with Gasteiger partial charge >= 0.3 is 0 Å². The quantitative estimate of drug-likeness (QED) is 0.155. The van der Waals surface area contributed by atoms with E-state index in [0.29, 0.717) is 0 Å². The van der Waals surface area contributed by atoms with Crippen LogP contribution in [0.25, 0.3) is 22.3 Å². The standard InChI is InChI=1S/C54H32B2O4S2/c1-3-11-33(12-4-1)35-19-23-37(24-20-35)57-39-27-47-53-51(29-39)61-49-17-9-7-15-41(49)55(53)43-31-44-46(32-45(43)59-47)60-48-28-40(30-52-54(48)56(44)42-16-8-10-18-50(42)62-52)58-38-25-21-36(22-26-38)34-13-5-2-6-14-34/h1-32H. The lowest BCUT2D eigenvalue weighted by molar-refractivity contribution is 0.449. The van der Waals surface area contributed by atoms with Crippen LogP contribution in [0.4, 0.5) is 0 Å². The van der Waals surface area contributed by atoms with Crippen molar-refractivity contribution in [1.82, 2.24) is 0 Å². The van der Waals surface area contributed by atoms with Crippen molar-refractivity contribution in [2.24, 2.45) is 0 Å². The molecule has 0 bridgehead atoms. The summed E-state index contributed by atoms with van der Waals surface area (Å²) >= 11 is 3.55. The molecule has 0 aliphatic carbocycles. The monoisotopic (exact) mass is 830 g/mol. The van der Waals surface area contributed by atoms with E-state index in [4.69, 9.17) is 18.9 Å². The van der Waals surface area contributed by atoms with Crippen LogP contribution in [0.2, 0.25) is 0 Å². The molecule has 0 saturated carbocycles. The van der Waals surface area contributed by atoms with Crippen LogP contribution in [0.1, 0.15) is 0 Å². The normalized spacial score (nSPS) is 13.2. The van der Waals surface area contributed by atoms with Crippen molar-refractivity contribution in [1.29, 1.82) is 0 Å². The van der Waals surface area contributed by atoms with E-state index < -0.39 is 0 Å². The predicted octanol–water partition coefficient (Wildman–Crippen LogP) is 10.8. The summed E-state index contributed by atoms with van der Waals surface area (Å²) in [6, 6.07) is 67.7. The van der Waals surface area contributed by atoms with Crippen LogP contribution in [0, 0.1) is 0 Å². The van der Waals surface area contributed by atoms with Gasteiger partial charge in [0.2, 0.25) is 0 Å². The molecule has 0 atom stereocenters. The first-order valence-electron chi connectivity index (χ1n) is 20.8. The zero-order chi connectivity index (χ0) is 40.7. The summed E-state index contributed by atoms with van der Waals surface area (Å²) in [4.78, 5) is 4.74. The Labute approximate surface area is 368 Å². The summed E-state index contributed by atoms with van der Waals surface area (Å²) in [5.74, 6) is 6.16. The first-order chi connectivity index (χ1) is 30.7. The molecule has 0 saturated heterocycles. The summed E-state index contributed by atoms with van der Waals surface area (Å²) < 4.78 is 27.1. The zero-order valence-electron chi connectivity index (χ0n) is 33.1. The molecule has 0 N–H and O–H groups in total. The van der Waals surface area contributed by atoms with Gasteiger partial charge in [-0.1, -0.05) is 162 Å². The third-order valence-electron chi connectivity index (χ3n) is 12.2. The molecule has 0 unspecified atom stereocenters. The molecule has 4 aliphatic heterocycles. The summed E-state index contributed by atoms with van der Waals surface area (Å²) in [6.45, 7) is -0.0484. The van der Waals surface area contributed by atoms with Crippen molar-refractivity contribution < 1.29 is 18.9 Å². The number of rotatable bonds is 6. The second kappa shape index (κ2) is 14.3. The maximum absolute atomic E-state index is 6.97. The molecule has 0 aromatic heterocycles. The first-order valence-corrected chi connectivity index (χ1v) is 22.4. The van der Waals surface area contributed by atoms with Crippen molar-refractivity contribution in [3.05, 3.63) is 194 Å². The Balaban J connectivity index is 0.889. The van der Waals surface area contributed by atoms with Gasteiger partial charge in [-0.3, -0.25) is 0 Å². The fourth-order valence-electron chi connectivity index (χ4n) is 9.42. The van der Waals surface area contributed by atoms with Crippen molar-refractivity contribution in [3.63, 3.8) is 0 Å². The lowest BCUT2D eigenvalue weighted by atomic mass is 9.32. The van der Waals surface area contributed by atoms with Crippen LogP contribution in [0.3, 0.4) is 0 Å². The molecule has 62 heavy (non-hydrogen) atoms. The van der Waals surface area contributed by atoms with Gasteiger partial charge in [0.05, 0.1) is 0 Å². The lowest BCUT2D eigenvalue weighted by Gasteiger charge is -2.36. The van der Waals surface area contributed by atoms with Crippen molar-refractivity contribution in [2.75, 3.05) is 0 Å². The Morgan fingerprint density at radius 2 is 0.710 bits per heavy atom. The minimum atomic E-state index is -0.0242. The highest BCUT2D eigenvalue weighted by atomic mass is 32.2. The Morgan fingerprint density at radius 3 is 1.16 bits per heavy atom. The van der Waals surface area contributed by atoms with E-state index in [1.165, 1.54) is 42.8 Å². The average Bonchev–Trinajstić information content (AvgIpc) is 3.31. The Kier molecular flexibility index (Phi) is 8.24. The van der Waals surface area contributed by atoms with E-state index in [2.05, 4.69) is 146 Å². The molecular formula is C54H32B2O4S2. The summed E-state index contributed by atoms with van der Waals surface area (Å²) in [5.41, 5.74) is 11.8. The third kappa shape index (κ3) is 5.97. The fraction of sp³-hybridized carbons (Fsp3) is 0. The van der Waals surface area contributed by atoms with E-state index in [1.807, 2.05) is 48.5 Å². The second-order valence-corrected chi connectivity index (χ2v) is 18.1. The van der Waals surface area contributed by atoms with Crippen molar-refractivity contribution >= 4 is 69.7 Å². The fourth-order valence-corrected chi connectivity index (χ4v) is 11.8. The highest BCUT2D eigenvalue weighted by Crippen LogP contribution is 2.44. The molecule has 290 valence electrons. The van der Waals surface area contributed by atoms with E-state index in [-0.39, 0.29) is 13.4 Å². The smallest absolute Gasteiger partial charge is 0.253 e. The van der Waals surface area contributed by atoms with Crippen molar-refractivity contribution in [2.45, 2.75) is 19.6 Å². The van der Waals surface area contributed by atoms with Gasteiger partial charge in [0, 0.05) is 37.8 Å². The van der Waals surface area contributed by atoms with Crippen LogP contribution >= 0.6 is 23.5 Å². The molecule has 9 aromatic rings. The molecule has 9 aromatic carbocycles. The maximum Gasteiger partial charge on any atom is 0.253 e. The van der Waals surface area contributed by atoms with Crippen LogP contribution in [-0.2, 0) is 0 Å². The van der Waals surface area contributed by atoms with E-state index in [9.17, 15) is 0 Å². The summed E-state index contributed by atoms with van der Waals surface area (Å²) in [7, 11) is 0. The van der Waals surface area contributed by atoms with Gasteiger partial charge < -0.3 is 18.9 Å². The van der Waals surface area contributed by atoms with Crippen molar-refractivity contribution in [3.8, 4) is 68.2 Å². The highest BCUT2D eigenvalue weighted by molar-refractivity contribution is 8.00. The predicted molar refractivity (Wildman–Crippen MR) is 254 cm³/mol. The largest absolute Gasteiger partial charge is 0.458 e. The Morgan fingerprint density at radius 1 is 0.306 bits per heavy atom. The lowest BCUT2D eigenvalue weighted by Crippen LogP contribution is -2.61. The first kappa shape index (κ1) is 35.7. The topological polar surface area (TPSA) is 36.9 Å². The molecule has 0 amide bonds. The van der Waals surface area contributed by atoms with Crippen LogP contribution in [0.15, 0.2) is 214 Å². The number of ether oxygens (including phenoxy) is 4. The molecule has 13 rings (SSSR count). The SMILES string of the molecule is c1ccc(-c2ccc(Oc3cc4c5c(c3)Sc3ccccc3B5c3cc5c(cc3O4)Oc3cc(Oc4ccc(-c6ccccc6)cc4)cc4c3B5c3ccccc3S4)cc2)cc1. The minimum absolute atomic E-state index is 0.0242. The van der Waals surface area contributed by atoms with Gasteiger partial charge in [-0.25, -0.2) is 0 Å². The number of benzene rings is 9. The van der Waals surface area contributed by atoms with Gasteiger partial charge in [-0.05, 0) is 92.6 Å². The van der Waals surface area contributed by atoms with Gasteiger partial charge in [-0.2, -0.15) is 0 Å². The van der Waals surface area contributed by atoms with E-state index in [0.717, 1.165) is 77.8 Å². The highest BCUT2D eigenvalue weighted by Gasteiger charge is 2.44. The van der Waals surface area contributed by atoms with Gasteiger partial charge in [-0.15, -0.1) is 0 Å². The number of hydrogen-bond acceptors (Lipinski definition) is 6. The molecule has 0 radical (unpaired) electrons. The Bertz CT molecular complexity index is 3040. The second-order valence-electron chi connectivity index (χ2n) is 15.9. The van der Waals surface area contributed by atoms with Gasteiger partial charge in [0.25, 0.3) is 13.4 Å². The van der Waals surface area contributed by atoms with Crippen LogP contribution < -0.4 is 51.7 Å². The molecular weight excluding hydrogens is 798 g/mol. The molecule has 8 heteroatoms. The molecule has 0 fully saturated rings. The van der Waals surface area contributed by atoms with E-state index in [1.54, 1.807) is 23.5 Å².